The molecular weight excluding hydrogens is 331 g/mol. The van der Waals surface area contributed by atoms with Gasteiger partial charge < -0.3 is 14.9 Å². The van der Waals surface area contributed by atoms with Crippen LogP contribution >= 0.6 is 0 Å². The van der Waals surface area contributed by atoms with E-state index in [1.807, 2.05) is 13.0 Å². The van der Waals surface area contributed by atoms with Crippen molar-refractivity contribution in [1.29, 1.82) is 0 Å². The lowest BCUT2D eigenvalue weighted by Crippen LogP contribution is -2.50. The summed E-state index contributed by atoms with van der Waals surface area (Å²) in [5.41, 5.74) is 1.68. The molecule has 5 heteroatoms. The Morgan fingerprint density at radius 3 is 2.69 bits per heavy atom. The lowest BCUT2D eigenvalue weighted by molar-refractivity contribution is -0.139. The number of carbonyl (C=O) groups is 1. The number of aryl methyl sites for hydroxylation is 1. The van der Waals surface area contributed by atoms with E-state index >= 15 is 0 Å². The molecule has 4 rings (SSSR count). The maximum absolute atomic E-state index is 13.8. The van der Waals surface area contributed by atoms with Gasteiger partial charge in [0, 0.05) is 31.4 Å². The molecule has 1 aromatic carbocycles. The van der Waals surface area contributed by atoms with E-state index in [4.69, 9.17) is 0 Å². The Kier molecular flexibility index (Phi) is 4.68. The molecule has 1 amide bonds. The van der Waals surface area contributed by atoms with Gasteiger partial charge in [-0.05, 0) is 69.6 Å². The second kappa shape index (κ2) is 6.84. The standard InChI is InChI=1S/C21H29FN2O2/c1-15-3-4-16(22)13-19(15)23-11-2-9-21(14-23)10-12-24(20(21)26)17-5-7-18(25)8-6-17/h3-4,13,17-18,25H,2,5-12,14H2,1H3/t17-,18-,21-/m1/s1. The number of rotatable bonds is 2. The molecule has 1 aliphatic carbocycles. The van der Waals surface area contributed by atoms with Crippen molar-refractivity contribution < 1.29 is 14.3 Å². The van der Waals surface area contributed by atoms with E-state index in [1.165, 1.54) is 6.07 Å². The molecule has 0 aromatic heterocycles. The molecule has 1 aromatic rings. The Balaban J connectivity index is 1.51. The second-order valence-corrected chi connectivity index (χ2v) is 8.45. The van der Waals surface area contributed by atoms with Crippen molar-refractivity contribution in [1.82, 2.24) is 4.90 Å². The van der Waals surface area contributed by atoms with E-state index in [-0.39, 0.29) is 29.3 Å². The SMILES string of the molecule is Cc1ccc(F)cc1N1CCC[C@@]2(CCN([C@H]3CC[C@H](O)CC3)C2=O)C1. The smallest absolute Gasteiger partial charge is 0.230 e. The van der Waals surface area contributed by atoms with Gasteiger partial charge in [0.05, 0.1) is 11.5 Å². The van der Waals surface area contributed by atoms with Crippen LogP contribution in [-0.2, 0) is 4.79 Å². The molecule has 1 atom stereocenters. The summed E-state index contributed by atoms with van der Waals surface area (Å²) in [6.07, 6.45) is 6.04. The zero-order valence-corrected chi connectivity index (χ0v) is 15.6. The molecule has 2 saturated heterocycles. The van der Waals surface area contributed by atoms with E-state index in [0.717, 1.165) is 69.3 Å². The van der Waals surface area contributed by atoms with Crippen molar-refractivity contribution in [2.75, 3.05) is 24.5 Å². The minimum Gasteiger partial charge on any atom is -0.393 e. The summed E-state index contributed by atoms with van der Waals surface area (Å²) in [4.78, 5) is 17.7. The highest BCUT2D eigenvalue weighted by molar-refractivity contribution is 5.86. The van der Waals surface area contributed by atoms with Crippen LogP contribution in [0.25, 0.3) is 0 Å². The van der Waals surface area contributed by atoms with Crippen LogP contribution in [0.4, 0.5) is 10.1 Å². The largest absolute Gasteiger partial charge is 0.393 e. The van der Waals surface area contributed by atoms with Crippen LogP contribution in [-0.4, -0.2) is 47.7 Å². The van der Waals surface area contributed by atoms with Crippen molar-refractivity contribution in [3.63, 3.8) is 0 Å². The number of benzene rings is 1. The molecule has 4 nitrogen and oxygen atoms in total. The molecule has 1 spiro atoms. The average Bonchev–Trinajstić information content (AvgIpc) is 2.94. The lowest BCUT2D eigenvalue weighted by Gasteiger charge is -2.42. The predicted octanol–water partition coefficient (Wildman–Crippen LogP) is 3.26. The van der Waals surface area contributed by atoms with Crippen LogP contribution in [0.2, 0.25) is 0 Å². The van der Waals surface area contributed by atoms with Gasteiger partial charge in [-0.2, -0.15) is 0 Å². The number of amides is 1. The first-order valence-corrected chi connectivity index (χ1v) is 9.99. The molecular formula is C21H29FN2O2. The molecule has 3 aliphatic rings. The highest BCUT2D eigenvalue weighted by atomic mass is 19.1. The normalized spacial score (nSPS) is 32.5. The van der Waals surface area contributed by atoms with Crippen LogP contribution in [0.1, 0.15) is 50.5 Å². The van der Waals surface area contributed by atoms with Gasteiger partial charge in [0.1, 0.15) is 5.82 Å². The van der Waals surface area contributed by atoms with Gasteiger partial charge in [0.25, 0.3) is 0 Å². The summed E-state index contributed by atoms with van der Waals surface area (Å²) in [7, 11) is 0. The number of nitrogens with zero attached hydrogens (tertiary/aromatic N) is 2. The highest BCUT2D eigenvalue weighted by Gasteiger charge is 2.50. The predicted molar refractivity (Wildman–Crippen MR) is 99.6 cm³/mol. The molecule has 1 N–H and O–H groups in total. The van der Waals surface area contributed by atoms with Gasteiger partial charge >= 0.3 is 0 Å². The van der Waals surface area contributed by atoms with Gasteiger partial charge in [-0.15, -0.1) is 0 Å². The number of halogens is 1. The van der Waals surface area contributed by atoms with E-state index in [9.17, 15) is 14.3 Å². The summed E-state index contributed by atoms with van der Waals surface area (Å²) in [5, 5.41) is 9.75. The first-order chi connectivity index (χ1) is 12.5. The average molecular weight is 360 g/mol. The zero-order valence-electron chi connectivity index (χ0n) is 15.6. The second-order valence-electron chi connectivity index (χ2n) is 8.45. The number of hydrogen-bond acceptors (Lipinski definition) is 3. The molecule has 0 radical (unpaired) electrons. The number of piperidine rings is 1. The Morgan fingerprint density at radius 1 is 1.15 bits per heavy atom. The number of anilines is 1. The molecule has 0 unspecified atom stereocenters. The fraction of sp³-hybridized carbons (Fsp3) is 0.667. The summed E-state index contributed by atoms with van der Waals surface area (Å²) in [5.74, 6) is 0.0722. The van der Waals surface area contributed by atoms with Crippen molar-refractivity contribution in [3.05, 3.63) is 29.6 Å². The molecule has 3 fully saturated rings. The van der Waals surface area contributed by atoms with Crippen molar-refractivity contribution in [2.45, 2.75) is 64.0 Å². The Hall–Kier alpha value is -1.62. The van der Waals surface area contributed by atoms with Crippen molar-refractivity contribution in [2.24, 2.45) is 5.41 Å². The third-order valence-corrected chi connectivity index (χ3v) is 6.74. The third-order valence-electron chi connectivity index (χ3n) is 6.74. The van der Waals surface area contributed by atoms with Gasteiger partial charge in [-0.3, -0.25) is 4.79 Å². The summed E-state index contributed by atoms with van der Waals surface area (Å²) in [6, 6.07) is 5.21. The number of aliphatic hydroxyl groups is 1. The van der Waals surface area contributed by atoms with E-state index in [1.54, 1.807) is 6.07 Å². The fourth-order valence-electron chi connectivity index (χ4n) is 5.21. The molecule has 2 heterocycles. The van der Waals surface area contributed by atoms with Crippen molar-refractivity contribution in [3.8, 4) is 0 Å². The first kappa shape index (κ1) is 17.8. The fourth-order valence-corrected chi connectivity index (χ4v) is 5.21. The monoisotopic (exact) mass is 360 g/mol. The summed E-state index contributed by atoms with van der Waals surface area (Å²) >= 11 is 0. The van der Waals surface area contributed by atoms with Crippen molar-refractivity contribution >= 4 is 11.6 Å². The van der Waals surface area contributed by atoms with Crippen LogP contribution in [0.3, 0.4) is 0 Å². The highest BCUT2D eigenvalue weighted by Crippen LogP contribution is 2.43. The summed E-state index contributed by atoms with van der Waals surface area (Å²) < 4.78 is 13.8. The molecule has 1 saturated carbocycles. The minimum atomic E-state index is -0.312. The molecule has 0 bridgehead atoms. The van der Waals surface area contributed by atoms with Crippen LogP contribution in [0.15, 0.2) is 18.2 Å². The topological polar surface area (TPSA) is 43.8 Å². The van der Waals surface area contributed by atoms with Crippen LogP contribution in [0.5, 0.6) is 0 Å². The van der Waals surface area contributed by atoms with E-state index < -0.39 is 0 Å². The quantitative estimate of drug-likeness (QED) is 0.880. The van der Waals surface area contributed by atoms with Crippen LogP contribution in [0, 0.1) is 18.2 Å². The van der Waals surface area contributed by atoms with E-state index in [2.05, 4.69) is 9.80 Å². The number of aliphatic hydroxyl groups excluding tert-OH is 1. The minimum absolute atomic E-state index is 0.195. The molecule has 2 aliphatic heterocycles. The Morgan fingerprint density at radius 2 is 1.92 bits per heavy atom. The maximum atomic E-state index is 13.8. The van der Waals surface area contributed by atoms with E-state index in [0.29, 0.717) is 6.54 Å². The summed E-state index contributed by atoms with van der Waals surface area (Å²) in [6.45, 7) is 4.42. The number of carbonyl (C=O) groups excluding carboxylic acids is 1. The number of hydrogen-bond donors (Lipinski definition) is 1. The Bertz CT molecular complexity index is 687. The third kappa shape index (κ3) is 3.11. The first-order valence-electron chi connectivity index (χ1n) is 9.99. The van der Waals surface area contributed by atoms with Gasteiger partial charge in [-0.25, -0.2) is 4.39 Å². The number of likely N-dealkylation sites (tertiary alicyclic amines) is 1. The molecule has 142 valence electrons. The molecule has 26 heavy (non-hydrogen) atoms. The Labute approximate surface area is 155 Å². The van der Waals surface area contributed by atoms with Gasteiger partial charge in [0.15, 0.2) is 0 Å². The van der Waals surface area contributed by atoms with Gasteiger partial charge in [-0.1, -0.05) is 6.07 Å². The lowest BCUT2D eigenvalue weighted by atomic mass is 9.78. The van der Waals surface area contributed by atoms with Gasteiger partial charge in [0.2, 0.25) is 5.91 Å². The van der Waals surface area contributed by atoms with Crippen LogP contribution < -0.4 is 4.90 Å². The maximum Gasteiger partial charge on any atom is 0.230 e. The zero-order chi connectivity index (χ0) is 18.3.